The molecular weight excluding hydrogens is 190 g/mol. The largest absolute Gasteiger partial charge is 0.481 e. The third-order valence-corrected chi connectivity index (χ3v) is 2.20. The zero-order chi connectivity index (χ0) is 10.7. The molecule has 1 heterocycles. The molecular formula is C12H11NO2. The van der Waals surface area contributed by atoms with Crippen molar-refractivity contribution < 1.29 is 9.90 Å². The van der Waals surface area contributed by atoms with E-state index in [0.717, 1.165) is 11.4 Å². The third kappa shape index (κ3) is 2.07. The molecule has 0 aliphatic rings. The highest BCUT2D eigenvalue weighted by atomic mass is 16.4. The van der Waals surface area contributed by atoms with E-state index < -0.39 is 5.97 Å². The van der Waals surface area contributed by atoms with Crippen LogP contribution >= 0.6 is 0 Å². The monoisotopic (exact) mass is 201 g/mol. The smallest absolute Gasteiger partial charge is 0.309 e. The Morgan fingerprint density at radius 3 is 2.53 bits per heavy atom. The highest BCUT2D eigenvalue weighted by Crippen LogP contribution is 2.12. The van der Waals surface area contributed by atoms with Crippen molar-refractivity contribution in [2.24, 2.45) is 0 Å². The van der Waals surface area contributed by atoms with Crippen molar-refractivity contribution in [3.05, 3.63) is 54.4 Å². The minimum atomic E-state index is -0.814. The van der Waals surface area contributed by atoms with Crippen molar-refractivity contribution in [3.8, 4) is 5.69 Å². The van der Waals surface area contributed by atoms with Crippen molar-refractivity contribution in [2.45, 2.75) is 6.42 Å². The second-order valence-corrected chi connectivity index (χ2v) is 3.28. The Morgan fingerprint density at radius 2 is 1.87 bits per heavy atom. The molecule has 0 fully saturated rings. The number of carboxylic acids is 1. The summed E-state index contributed by atoms with van der Waals surface area (Å²) in [6.45, 7) is 0. The Labute approximate surface area is 87.6 Å². The van der Waals surface area contributed by atoms with Gasteiger partial charge in [0.1, 0.15) is 0 Å². The first kappa shape index (κ1) is 9.52. The summed E-state index contributed by atoms with van der Waals surface area (Å²) in [5.41, 5.74) is 1.77. The minimum absolute atomic E-state index is 0.0435. The number of aromatic nitrogens is 1. The van der Waals surface area contributed by atoms with Gasteiger partial charge >= 0.3 is 5.97 Å². The molecule has 1 aromatic heterocycles. The van der Waals surface area contributed by atoms with Crippen LogP contribution in [-0.2, 0) is 11.2 Å². The highest BCUT2D eigenvalue weighted by Gasteiger charge is 2.06. The molecule has 0 unspecified atom stereocenters. The number of benzene rings is 1. The topological polar surface area (TPSA) is 42.2 Å². The molecule has 0 spiro atoms. The van der Waals surface area contributed by atoms with Gasteiger partial charge in [-0.25, -0.2) is 0 Å². The van der Waals surface area contributed by atoms with E-state index in [1.54, 1.807) is 0 Å². The maximum Gasteiger partial charge on any atom is 0.309 e. The summed E-state index contributed by atoms with van der Waals surface area (Å²) in [6, 6.07) is 13.4. The molecule has 2 rings (SSSR count). The lowest BCUT2D eigenvalue weighted by molar-refractivity contribution is -0.136. The lowest BCUT2D eigenvalue weighted by atomic mass is 10.3. The fourth-order valence-corrected chi connectivity index (χ4v) is 1.56. The molecule has 2 aromatic rings. The van der Waals surface area contributed by atoms with Crippen molar-refractivity contribution >= 4 is 5.97 Å². The zero-order valence-electron chi connectivity index (χ0n) is 8.13. The maximum absolute atomic E-state index is 10.6. The number of carbonyl (C=O) groups is 1. The van der Waals surface area contributed by atoms with Crippen LogP contribution in [0.1, 0.15) is 5.69 Å². The molecule has 15 heavy (non-hydrogen) atoms. The van der Waals surface area contributed by atoms with Gasteiger partial charge < -0.3 is 9.67 Å². The predicted molar refractivity (Wildman–Crippen MR) is 57.1 cm³/mol. The van der Waals surface area contributed by atoms with E-state index in [4.69, 9.17) is 5.11 Å². The summed E-state index contributed by atoms with van der Waals surface area (Å²) in [5, 5.41) is 8.74. The van der Waals surface area contributed by atoms with Crippen LogP contribution in [-0.4, -0.2) is 15.6 Å². The summed E-state index contributed by atoms with van der Waals surface area (Å²) in [4.78, 5) is 10.6. The number of hydrogen-bond acceptors (Lipinski definition) is 1. The second-order valence-electron chi connectivity index (χ2n) is 3.28. The van der Waals surface area contributed by atoms with Gasteiger partial charge in [0.2, 0.25) is 0 Å². The summed E-state index contributed by atoms with van der Waals surface area (Å²) >= 11 is 0. The van der Waals surface area contributed by atoms with Gasteiger partial charge in [-0.05, 0) is 24.3 Å². The normalized spacial score (nSPS) is 10.1. The molecule has 0 atom stereocenters. The Kier molecular flexibility index (Phi) is 2.54. The summed E-state index contributed by atoms with van der Waals surface area (Å²) in [6.07, 6.45) is 1.91. The van der Waals surface area contributed by atoms with Gasteiger partial charge in [0.05, 0.1) is 6.42 Å². The zero-order valence-corrected chi connectivity index (χ0v) is 8.13. The number of hydrogen-bond donors (Lipinski definition) is 1. The molecule has 0 aliphatic carbocycles. The number of para-hydroxylation sites is 1. The summed E-state index contributed by atoms with van der Waals surface area (Å²) in [5.74, 6) is -0.814. The fourth-order valence-electron chi connectivity index (χ4n) is 1.56. The van der Waals surface area contributed by atoms with Crippen molar-refractivity contribution in [1.29, 1.82) is 0 Å². The molecule has 0 bridgehead atoms. The molecule has 1 N–H and O–H groups in total. The van der Waals surface area contributed by atoms with E-state index in [1.807, 2.05) is 53.2 Å². The fraction of sp³-hybridized carbons (Fsp3) is 0.0833. The average molecular weight is 201 g/mol. The standard InChI is InChI=1S/C12H11NO2/c14-12(15)9-11-7-4-8-13(11)10-5-2-1-3-6-10/h1-8H,9H2,(H,14,15). The van der Waals surface area contributed by atoms with Crippen LogP contribution in [0.15, 0.2) is 48.7 Å². The van der Waals surface area contributed by atoms with Crippen LogP contribution in [0, 0.1) is 0 Å². The maximum atomic E-state index is 10.6. The predicted octanol–water partition coefficient (Wildman–Crippen LogP) is 2.10. The molecule has 3 nitrogen and oxygen atoms in total. The summed E-state index contributed by atoms with van der Waals surface area (Å²) in [7, 11) is 0. The van der Waals surface area contributed by atoms with E-state index in [2.05, 4.69) is 0 Å². The molecule has 76 valence electrons. The van der Waals surface area contributed by atoms with Crippen LogP contribution in [0.3, 0.4) is 0 Å². The van der Waals surface area contributed by atoms with Crippen LogP contribution < -0.4 is 0 Å². The minimum Gasteiger partial charge on any atom is -0.481 e. The van der Waals surface area contributed by atoms with Gasteiger partial charge in [0.15, 0.2) is 0 Å². The summed E-state index contributed by atoms with van der Waals surface area (Å²) < 4.78 is 1.88. The first-order valence-corrected chi connectivity index (χ1v) is 4.71. The molecule has 0 amide bonds. The van der Waals surface area contributed by atoms with Gasteiger partial charge in [-0.1, -0.05) is 18.2 Å². The van der Waals surface area contributed by atoms with Crippen LogP contribution in [0.5, 0.6) is 0 Å². The van der Waals surface area contributed by atoms with Gasteiger partial charge in [-0.2, -0.15) is 0 Å². The van der Waals surface area contributed by atoms with Gasteiger partial charge in [0, 0.05) is 17.6 Å². The number of nitrogens with zero attached hydrogens (tertiary/aromatic N) is 1. The van der Waals surface area contributed by atoms with E-state index >= 15 is 0 Å². The Hall–Kier alpha value is -2.03. The van der Waals surface area contributed by atoms with E-state index in [9.17, 15) is 4.79 Å². The average Bonchev–Trinajstić information content (AvgIpc) is 2.66. The molecule has 1 aromatic carbocycles. The van der Waals surface area contributed by atoms with E-state index in [-0.39, 0.29) is 6.42 Å². The van der Waals surface area contributed by atoms with Gasteiger partial charge in [-0.15, -0.1) is 0 Å². The first-order chi connectivity index (χ1) is 7.27. The molecule has 0 saturated carbocycles. The highest BCUT2D eigenvalue weighted by molar-refractivity contribution is 5.70. The Morgan fingerprint density at radius 1 is 1.13 bits per heavy atom. The second kappa shape index (κ2) is 4.00. The molecule has 0 radical (unpaired) electrons. The Bertz CT molecular complexity index is 459. The van der Waals surface area contributed by atoms with Crippen LogP contribution in [0.25, 0.3) is 5.69 Å². The van der Waals surface area contributed by atoms with E-state index in [1.165, 1.54) is 0 Å². The van der Waals surface area contributed by atoms with Crippen molar-refractivity contribution in [2.75, 3.05) is 0 Å². The third-order valence-electron chi connectivity index (χ3n) is 2.20. The quantitative estimate of drug-likeness (QED) is 0.826. The molecule has 0 saturated heterocycles. The first-order valence-electron chi connectivity index (χ1n) is 4.71. The van der Waals surface area contributed by atoms with E-state index in [0.29, 0.717) is 0 Å². The SMILES string of the molecule is O=C(O)Cc1cccn1-c1ccccc1. The van der Waals surface area contributed by atoms with Gasteiger partial charge in [0.25, 0.3) is 0 Å². The molecule has 0 aliphatic heterocycles. The van der Waals surface area contributed by atoms with Crippen molar-refractivity contribution in [3.63, 3.8) is 0 Å². The number of aliphatic carboxylic acids is 1. The lowest BCUT2D eigenvalue weighted by Gasteiger charge is -2.06. The molecule has 3 heteroatoms. The Balaban J connectivity index is 2.37. The number of rotatable bonds is 3. The van der Waals surface area contributed by atoms with Crippen LogP contribution in [0.2, 0.25) is 0 Å². The van der Waals surface area contributed by atoms with Crippen molar-refractivity contribution in [1.82, 2.24) is 4.57 Å². The number of carboxylic acid groups (broad SMARTS) is 1. The van der Waals surface area contributed by atoms with Gasteiger partial charge in [-0.3, -0.25) is 4.79 Å². The van der Waals surface area contributed by atoms with Crippen LogP contribution in [0.4, 0.5) is 0 Å². The lowest BCUT2D eigenvalue weighted by Crippen LogP contribution is -2.05.